The highest BCUT2D eigenvalue weighted by Gasteiger charge is 2.48. The van der Waals surface area contributed by atoms with Gasteiger partial charge in [-0.2, -0.15) is 0 Å². The zero-order chi connectivity index (χ0) is 25.3. The number of benzene rings is 3. The van der Waals surface area contributed by atoms with Crippen molar-refractivity contribution in [2.45, 2.75) is 32.0 Å². The summed E-state index contributed by atoms with van der Waals surface area (Å²) in [6.45, 7) is 3.11. The van der Waals surface area contributed by atoms with Gasteiger partial charge in [0.05, 0.1) is 25.3 Å². The summed E-state index contributed by atoms with van der Waals surface area (Å²) in [5, 5.41) is 0. The third-order valence-electron chi connectivity index (χ3n) is 7.40. The van der Waals surface area contributed by atoms with E-state index < -0.39 is 29.4 Å². The highest BCUT2D eigenvalue weighted by atomic mass is 19.2. The molecule has 0 N–H and O–H groups in total. The van der Waals surface area contributed by atoms with Gasteiger partial charge in [0.15, 0.2) is 23.6 Å². The number of anilines is 1. The van der Waals surface area contributed by atoms with Crippen molar-refractivity contribution >= 4 is 11.8 Å². The van der Waals surface area contributed by atoms with E-state index in [0.717, 1.165) is 54.0 Å². The molecule has 3 aromatic carbocycles. The molecule has 3 saturated heterocycles. The first kappa shape index (κ1) is 24.3. The summed E-state index contributed by atoms with van der Waals surface area (Å²) >= 11 is 0. The minimum absolute atomic E-state index is 0.0203. The summed E-state index contributed by atoms with van der Waals surface area (Å²) in [6.07, 6.45) is 0.666. The molecular formula is C28H27F4N2O2+. The lowest BCUT2D eigenvalue weighted by Gasteiger charge is -2.52. The van der Waals surface area contributed by atoms with E-state index in [1.165, 1.54) is 23.8 Å². The van der Waals surface area contributed by atoms with Crippen LogP contribution in [0, 0.1) is 29.2 Å². The van der Waals surface area contributed by atoms with Gasteiger partial charge < -0.3 is 9.22 Å². The molecule has 3 fully saturated rings. The quantitative estimate of drug-likeness (QED) is 0.230. The number of amides is 1. The number of hydrogen-bond donors (Lipinski definition) is 0. The average Bonchev–Trinajstić information content (AvgIpc) is 2.87. The molecule has 3 heterocycles. The Labute approximate surface area is 207 Å². The summed E-state index contributed by atoms with van der Waals surface area (Å²) in [5.41, 5.74) is 1.12. The standard InChI is InChI=1S/C28H27F4N2O2/c29-22-8-4-5-9-25(22)33(16-20-14-23(30)27(32)24(31)15-20)28(35)36-26-18-34(12-10-21(26)11-13-34)17-19-6-2-1-3-7-19/h1-9,14-15,21,26H,10-13,16-18H2/q+1/t21?,26-,34?/m0/s1. The topological polar surface area (TPSA) is 29.5 Å². The Morgan fingerprint density at radius 2 is 1.50 bits per heavy atom. The predicted octanol–water partition coefficient (Wildman–Crippen LogP) is 6.20. The van der Waals surface area contributed by atoms with E-state index >= 15 is 0 Å². The molecule has 0 saturated carbocycles. The van der Waals surface area contributed by atoms with E-state index in [9.17, 15) is 22.4 Å². The Morgan fingerprint density at radius 3 is 2.17 bits per heavy atom. The lowest BCUT2D eigenvalue weighted by Crippen LogP contribution is -2.64. The molecule has 0 aliphatic carbocycles. The molecule has 2 bridgehead atoms. The molecule has 3 aliphatic heterocycles. The monoisotopic (exact) mass is 499 g/mol. The first-order chi connectivity index (χ1) is 17.3. The second-order valence-electron chi connectivity index (χ2n) is 9.79. The van der Waals surface area contributed by atoms with Crippen LogP contribution in [0.2, 0.25) is 0 Å². The Kier molecular flexibility index (Phi) is 6.71. The molecule has 36 heavy (non-hydrogen) atoms. The van der Waals surface area contributed by atoms with Gasteiger partial charge in [-0.05, 0) is 29.8 Å². The van der Waals surface area contributed by atoms with Gasteiger partial charge >= 0.3 is 6.09 Å². The minimum Gasteiger partial charge on any atom is -0.440 e. The first-order valence-electron chi connectivity index (χ1n) is 12.1. The molecule has 4 nitrogen and oxygen atoms in total. The van der Waals surface area contributed by atoms with Crippen molar-refractivity contribution in [1.29, 1.82) is 0 Å². The summed E-state index contributed by atoms with van der Waals surface area (Å²) in [5.74, 6) is -4.83. The molecule has 0 unspecified atom stereocenters. The lowest BCUT2D eigenvalue weighted by atomic mass is 9.83. The van der Waals surface area contributed by atoms with Gasteiger partial charge in [0, 0.05) is 24.3 Å². The van der Waals surface area contributed by atoms with Crippen molar-refractivity contribution in [3.05, 3.63) is 101 Å². The Hall–Kier alpha value is -3.39. The van der Waals surface area contributed by atoms with Crippen LogP contribution in [-0.2, 0) is 17.8 Å². The minimum atomic E-state index is -1.60. The molecule has 1 amide bonds. The predicted molar refractivity (Wildman–Crippen MR) is 127 cm³/mol. The van der Waals surface area contributed by atoms with Crippen LogP contribution in [0.15, 0.2) is 66.7 Å². The van der Waals surface area contributed by atoms with Crippen molar-refractivity contribution < 1.29 is 31.6 Å². The highest BCUT2D eigenvalue weighted by Crippen LogP contribution is 2.37. The number of piperidine rings is 3. The normalized spacial score (nSPS) is 22.9. The number of fused-ring (bicyclic) bond motifs is 3. The molecule has 188 valence electrons. The van der Waals surface area contributed by atoms with Gasteiger partial charge in [-0.25, -0.2) is 22.4 Å². The van der Waals surface area contributed by atoms with Gasteiger partial charge in [-0.3, -0.25) is 4.90 Å². The van der Waals surface area contributed by atoms with Crippen molar-refractivity contribution in [3.8, 4) is 0 Å². The van der Waals surface area contributed by atoms with Crippen molar-refractivity contribution in [3.63, 3.8) is 0 Å². The van der Waals surface area contributed by atoms with Crippen LogP contribution >= 0.6 is 0 Å². The van der Waals surface area contributed by atoms with Gasteiger partial charge in [0.2, 0.25) is 0 Å². The number of hydrogen-bond acceptors (Lipinski definition) is 2. The highest BCUT2D eigenvalue weighted by molar-refractivity contribution is 5.87. The number of carbonyl (C=O) groups excluding carboxylic acids is 1. The van der Waals surface area contributed by atoms with Gasteiger partial charge in [-0.1, -0.05) is 42.5 Å². The molecular weight excluding hydrogens is 472 g/mol. The maximum atomic E-state index is 14.7. The van der Waals surface area contributed by atoms with Crippen molar-refractivity contribution in [2.75, 3.05) is 24.5 Å². The Balaban J connectivity index is 1.38. The largest absolute Gasteiger partial charge is 0.440 e. The third-order valence-corrected chi connectivity index (χ3v) is 7.40. The van der Waals surface area contributed by atoms with E-state index in [1.54, 1.807) is 6.07 Å². The van der Waals surface area contributed by atoms with Crippen LogP contribution < -0.4 is 4.90 Å². The van der Waals surface area contributed by atoms with Gasteiger partial charge in [-0.15, -0.1) is 0 Å². The number of nitrogens with zero attached hydrogens (tertiary/aromatic N) is 2. The molecule has 3 aliphatic rings. The lowest BCUT2D eigenvalue weighted by molar-refractivity contribution is -0.958. The van der Waals surface area contributed by atoms with E-state index in [-0.39, 0.29) is 29.8 Å². The average molecular weight is 500 g/mol. The maximum Gasteiger partial charge on any atom is 0.415 e. The molecule has 3 aromatic rings. The summed E-state index contributed by atoms with van der Waals surface area (Å²) in [6, 6.07) is 17.4. The maximum absolute atomic E-state index is 14.7. The summed E-state index contributed by atoms with van der Waals surface area (Å²) < 4.78 is 62.6. The van der Waals surface area contributed by atoms with Crippen LogP contribution in [0.5, 0.6) is 0 Å². The van der Waals surface area contributed by atoms with Crippen molar-refractivity contribution in [1.82, 2.24) is 0 Å². The van der Waals surface area contributed by atoms with Crippen LogP contribution in [0.1, 0.15) is 24.0 Å². The summed E-state index contributed by atoms with van der Waals surface area (Å²) in [7, 11) is 0. The third kappa shape index (κ3) is 4.95. The second kappa shape index (κ2) is 9.93. The van der Waals surface area contributed by atoms with Gasteiger partial charge in [0.25, 0.3) is 0 Å². The molecule has 0 spiro atoms. The smallest absolute Gasteiger partial charge is 0.415 e. The number of carbonyl (C=O) groups is 1. The van der Waals surface area contributed by atoms with E-state index in [2.05, 4.69) is 12.1 Å². The van der Waals surface area contributed by atoms with Crippen LogP contribution in [0.25, 0.3) is 0 Å². The van der Waals surface area contributed by atoms with E-state index in [4.69, 9.17) is 4.74 Å². The number of quaternary nitrogens is 1. The van der Waals surface area contributed by atoms with Crippen LogP contribution in [0.4, 0.5) is 28.0 Å². The molecule has 6 rings (SSSR count). The fourth-order valence-electron chi connectivity index (χ4n) is 5.54. The fraction of sp³-hybridized carbons (Fsp3) is 0.321. The zero-order valence-corrected chi connectivity index (χ0v) is 19.7. The van der Waals surface area contributed by atoms with E-state index in [1.807, 2.05) is 18.2 Å². The Morgan fingerprint density at radius 1 is 0.861 bits per heavy atom. The fourth-order valence-corrected chi connectivity index (χ4v) is 5.54. The number of para-hydroxylation sites is 1. The van der Waals surface area contributed by atoms with Crippen molar-refractivity contribution in [2.24, 2.45) is 5.92 Å². The molecule has 0 radical (unpaired) electrons. The molecule has 0 aromatic heterocycles. The zero-order valence-electron chi connectivity index (χ0n) is 19.7. The SMILES string of the molecule is O=C(O[C@H]1C[N+]2(Cc3ccccc3)CCC1CC2)N(Cc1cc(F)c(F)c(F)c1)c1ccccc1F. The summed E-state index contributed by atoms with van der Waals surface area (Å²) in [4.78, 5) is 14.4. The number of halogens is 4. The van der Waals surface area contributed by atoms with Crippen LogP contribution in [0.3, 0.4) is 0 Å². The van der Waals surface area contributed by atoms with Gasteiger partial charge in [0.1, 0.15) is 18.9 Å². The first-order valence-corrected chi connectivity index (χ1v) is 12.1. The second-order valence-corrected chi connectivity index (χ2v) is 9.79. The van der Waals surface area contributed by atoms with E-state index in [0.29, 0.717) is 6.54 Å². The molecule has 8 heteroatoms. The van der Waals surface area contributed by atoms with Crippen LogP contribution in [-0.4, -0.2) is 36.3 Å². The number of ether oxygens (including phenoxy) is 1. The Bertz CT molecular complexity index is 1220. The molecule has 1 atom stereocenters. The number of rotatable bonds is 6.